The molecule has 0 aliphatic rings. The van der Waals surface area contributed by atoms with Gasteiger partial charge in [0.2, 0.25) is 0 Å². The molecular formula is C21H22FIN2O3. The quantitative estimate of drug-likeness (QED) is 0.413. The SMILES string of the molecule is CCCOc1ccc(I)cc1C(=O)NC(CO)Cc1c[nH]c2ccc(F)cc12. The molecule has 0 fully saturated rings. The van der Waals surface area contributed by atoms with Gasteiger partial charge in [-0.05, 0) is 77.4 Å². The van der Waals surface area contributed by atoms with Crippen molar-refractivity contribution in [3.05, 3.63) is 63.1 Å². The van der Waals surface area contributed by atoms with Crippen molar-refractivity contribution in [3.8, 4) is 5.75 Å². The molecule has 2 aromatic carbocycles. The monoisotopic (exact) mass is 496 g/mol. The van der Waals surface area contributed by atoms with Crippen molar-refractivity contribution >= 4 is 39.4 Å². The maximum Gasteiger partial charge on any atom is 0.255 e. The third kappa shape index (κ3) is 4.82. The Kier molecular flexibility index (Phi) is 6.90. The van der Waals surface area contributed by atoms with E-state index in [9.17, 15) is 14.3 Å². The molecule has 148 valence electrons. The van der Waals surface area contributed by atoms with Crippen LogP contribution < -0.4 is 10.1 Å². The van der Waals surface area contributed by atoms with Gasteiger partial charge in [-0.2, -0.15) is 0 Å². The summed E-state index contributed by atoms with van der Waals surface area (Å²) in [6.45, 7) is 2.28. The molecule has 5 nitrogen and oxygen atoms in total. The van der Waals surface area contributed by atoms with Crippen molar-refractivity contribution in [2.24, 2.45) is 0 Å². The molecule has 28 heavy (non-hydrogen) atoms. The second-order valence-electron chi connectivity index (χ2n) is 6.55. The highest BCUT2D eigenvalue weighted by atomic mass is 127. The molecular weight excluding hydrogens is 474 g/mol. The number of H-pyrrole nitrogens is 1. The van der Waals surface area contributed by atoms with E-state index >= 15 is 0 Å². The number of halogens is 2. The Morgan fingerprint density at radius 2 is 2.14 bits per heavy atom. The first-order valence-corrected chi connectivity index (χ1v) is 10.2. The van der Waals surface area contributed by atoms with Crippen LogP contribution in [0.15, 0.2) is 42.6 Å². The summed E-state index contributed by atoms with van der Waals surface area (Å²) in [6, 6.07) is 9.43. The fourth-order valence-electron chi connectivity index (χ4n) is 3.03. The third-order valence-corrected chi connectivity index (χ3v) is 5.07. The summed E-state index contributed by atoms with van der Waals surface area (Å²) in [6.07, 6.45) is 2.99. The normalized spacial score (nSPS) is 12.1. The van der Waals surface area contributed by atoms with E-state index in [1.54, 1.807) is 24.4 Å². The Morgan fingerprint density at radius 1 is 1.32 bits per heavy atom. The number of ether oxygens (including phenoxy) is 1. The number of aliphatic hydroxyl groups excluding tert-OH is 1. The van der Waals surface area contributed by atoms with Gasteiger partial charge in [-0.1, -0.05) is 6.92 Å². The molecule has 0 saturated heterocycles. The van der Waals surface area contributed by atoms with Gasteiger partial charge in [0.25, 0.3) is 5.91 Å². The van der Waals surface area contributed by atoms with Crippen molar-refractivity contribution in [2.45, 2.75) is 25.8 Å². The van der Waals surface area contributed by atoms with Crippen molar-refractivity contribution < 1.29 is 19.0 Å². The number of hydrogen-bond acceptors (Lipinski definition) is 3. The number of nitrogens with one attached hydrogen (secondary N) is 2. The lowest BCUT2D eigenvalue weighted by Crippen LogP contribution is -2.39. The van der Waals surface area contributed by atoms with Gasteiger partial charge in [-0.15, -0.1) is 0 Å². The molecule has 0 radical (unpaired) electrons. The van der Waals surface area contributed by atoms with Gasteiger partial charge in [0.05, 0.1) is 24.8 Å². The van der Waals surface area contributed by atoms with Gasteiger partial charge in [0.1, 0.15) is 11.6 Å². The van der Waals surface area contributed by atoms with Crippen LogP contribution in [0.1, 0.15) is 29.3 Å². The molecule has 3 rings (SSSR count). The molecule has 0 saturated carbocycles. The number of fused-ring (bicyclic) bond motifs is 1. The van der Waals surface area contributed by atoms with E-state index < -0.39 is 6.04 Å². The number of aromatic nitrogens is 1. The van der Waals surface area contributed by atoms with Crippen LogP contribution in [0, 0.1) is 9.39 Å². The van der Waals surface area contributed by atoms with Crippen LogP contribution in [-0.4, -0.2) is 35.3 Å². The van der Waals surface area contributed by atoms with Crippen molar-refractivity contribution in [3.63, 3.8) is 0 Å². The molecule has 1 amide bonds. The number of hydrogen-bond donors (Lipinski definition) is 3. The lowest BCUT2D eigenvalue weighted by molar-refractivity contribution is 0.0912. The van der Waals surface area contributed by atoms with Gasteiger partial charge < -0.3 is 20.1 Å². The van der Waals surface area contributed by atoms with Crippen molar-refractivity contribution in [1.29, 1.82) is 0 Å². The highest BCUT2D eigenvalue weighted by Crippen LogP contribution is 2.23. The smallest absolute Gasteiger partial charge is 0.255 e. The zero-order valence-corrected chi connectivity index (χ0v) is 17.6. The number of rotatable bonds is 8. The summed E-state index contributed by atoms with van der Waals surface area (Å²) in [5, 5.41) is 13.4. The Morgan fingerprint density at radius 3 is 2.89 bits per heavy atom. The molecule has 7 heteroatoms. The molecule has 1 unspecified atom stereocenters. The fraction of sp³-hybridized carbons (Fsp3) is 0.286. The highest BCUT2D eigenvalue weighted by Gasteiger charge is 2.19. The standard InChI is InChI=1S/C21H22FIN2O3/c1-2-7-28-20-6-4-15(23)10-18(20)21(27)25-16(12-26)8-13-11-24-19-5-3-14(22)9-17(13)19/h3-6,9-11,16,24,26H,2,7-8,12H2,1H3,(H,25,27). The fourth-order valence-corrected chi connectivity index (χ4v) is 3.52. The first-order valence-electron chi connectivity index (χ1n) is 9.11. The van der Waals surface area contributed by atoms with Gasteiger partial charge in [0.15, 0.2) is 0 Å². The van der Waals surface area contributed by atoms with Crippen LogP contribution in [0.25, 0.3) is 10.9 Å². The summed E-state index contributed by atoms with van der Waals surface area (Å²) in [4.78, 5) is 15.9. The van der Waals surface area contributed by atoms with E-state index in [1.807, 2.05) is 13.0 Å². The number of carbonyl (C=O) groups excluding carboxylic acids is 1. The molecule has 1 atom stereocenters. The predicted octanol–water partition coefficient (Wildman–Crippen LogP) is 4.03. The lowest BCUT2D eigenvalue weighted by atomic mass is 10.0. The van der Waals surface area contributed by atoms with Gasteiger partial charge >= 0.3 is 0 Å². The van der Waals surface area contributed by atoms with Crippen LogP contribution >= 0.6 is 22.6 Å². The maximum absolute atomic E-state index is 13.6. The minimum absolute atomic E-state index is 0.233. The molecule has 0 aliphatic heterocycles. The summed E-state index contributed by atoms with van der Waals surface area (Å²) in [5.41, 5.74) is 2.08. The topological polar surface area (TPSA) is 74.3 Å². The average Bonchev–Trinajstić information content (AvgIpc) is 3.08. The van der Waals surface area contributed by atoms with Gasteiger partial charge in [0, 0.05) is 20.7 Å². The van der Waals surface area contributed by atoms with E-state index in [0.29, 0.717) is 24.3 Å². The van der Waals surface area contributed by atoms with E-state index in [0.717, 1.165) is 26.5 Å². The van der Waals surface area contributed by atoms with Gasteiger partial charge in [-0.3, -0.25) is 4.79 Å². The summed E-state index contributed by atoms with van der Waals surface area (Å²) < 4.78 is 20.2. The van der Waals surface area contributed by atoms with E-state index in [4.69, 9.17) is 4.74 Å². The van der Waals surface area contributed by atoms with Crippen molar-refractivity contribution in [2.75, 3.05) is 13.2 Å². The van der Waals surface area contributed by atoms with Gasteiger partial charge in [-0.25, -0.2) is 4.39 Å². The summed E-state index contributed by atoms with van der Waals surface area (Å²) in [7, 11) is 0. The van der Waals surface area contributed by atoms with Crippen LogP contribution in [0.4, 0.5) is 4.39 Å². The second-order valence-corrected chi connectivity index (χ2v) is 7.80. The summed E-state index contributed by atoms with van der Waals surface area (Å²) in [5.74, 6) is -0.116. The molecule has 0 bridgehead atoms. The Labute approximate surface area is 176 Å². The number of aromatic amines is 1. The molecule has 3 aromatic rings. The summed E-state index contributed by atoms with van der Waals surface area (Å²) >= 11 is 2.14. The Balaban J connectivity index is 1.78. The number of aliphatic hydroxyl groups is 1. The van der Waals surface area contributed by atoms with Crippen LogP contribution in [0.2, 0.25) is 0 Å². The Bertz CT molecular complexity index is 973. The lowest BCUT2D eigenvalue weighted by Gasteiger charge is -2.18. The number of benzene rings is 2. The number of amides is 1. The zero-order chi connectivity index (χ0) is 20.1. The first kappa shape index (κ1) is 20.6. The second kappa shape index (κ2) is 9.38. The van der Waals surface area contributed by atoms with Crippen LogP contribution in [0.3, 0.4) is 0 Å². The van der Waals surface area contributed by atoms with Crippen LogP contribution in [0.5, 0.6) is 5.75 Å². The molecule has 0 aliphatic carbocycles. The zero-order valence-electron chi connectivity index (χ0n) is 15.5. The average molecular weight is 496 g/mol. The minimum atomic E-state index is -0.508. The maximum atomic E-state index is 13.6. The third-order valence-electron chi connectivity index (χ3n) is 4.40. The largest absolute Gasteiger partial charge is 0.493 e. The van der Waals surface area contributed by atoms with E-state index in [-0.39, 0.29) is 18.3 Å². The molecule has 1 heterocycles. The van der Waals surface area contributed by atoms with Crippen molar-refractivity contribution in [1.82, 2.24) is 10.3 Å². The van der Waals surface area contributed by atoms with Crippen LogP contribution in [-0.2, 0) is 6.42 Å². The minimum Gasteiger partial charge on any atom is -0.493 e. The molecule has 1 aromatic heterocycles. The first-order chi connectivity index (χ1) is 13.5. The molecule has 3 N–H and O–H groups in total. The highest BCUT2D eigenvalue weighted by molar-refractivity contribution is 14.1. The molecule has 0 spiro atoms. The van der Waals surface area contributed by atoms with E-state index in [2.05, 4.69) is 32.9 Å². The predicted molar refractivity (Wildman–Crippen MR) is 115 cm³/mol. The number of carbonyl (C=O) groups is 1. The van der Waals surface area contributed by atoms with E-state index in [1.165, 1.54) is 12.1 Å². The Hall–Kier alpha value is -2.13.